The summed E-state index contributed by atoms with van der Waals surface area (Å²) in [6.07, 6.45) is 1.59. The van der Waals surface area contributed by atoms with E-state index in [4.69, 9.17) is 21.0 Å². The third-order valence-corrected chi connectivity index (χ3v) is 7.65. The molecule has 4 heterocycles. The second-order valence-electron chi connectivity index (χ2n) is 9.32. The highest BCUT2D eigenvalue weighted by molar-refractivity contribution is 7.10. The van der Waals surface area contributed by atoms with E-state index in [0.29, 0.717) is 52.3 Å². The summed E-state index contributed by atoms with van der Waals surface area (Å²) in [5, 5.41) is 10.3. The van der Waals surface area contributed by atoms with Gasteiger partial charge in [-0.25, -0.2) is 22.5 Å². The molecule has 2 aromatic heterocycles. The van der Waals surface area contributed by atoms with Crippen LogP contribution in [0.1, 0.15) is 78.3 Å². The fourth-order valence-corrected chi connectivity index (χ4v) is 5.75. The molecule has 3 aromatic rings. The fraction of sp³-hybridized carbons (Fsp3) is 0.407. The maximum atomic E-state index is 13.4. The average Bonchev–Trinajstić information content (AvgIpc) is 3.72. The topological polar surface area (TPSA) is 81.8 Å². The van der Waals surface area contributed by atoms with E-state index in [2.05, 4.69) is 16.2 Å². The SMILES string of the molecule is C#CCOc1cccc(C2CC(c3csc(C4CCCCN4C(=O)Cn4nc(C(F)F)cc4C(F)F)n3)=NO2)c1. The van der Waals surface area contributed by atoms with Crippen LogP contribution in [0, 0.1) is 12.3 Å². The van der Waals surface area contributed by atoms with E-state index in [1.807, 2.05) is 23.6 Å². The number of hydrogen-bond donors (Lipinski definition) is 0. The molecule has 0 saturated carbocycles. The number of halogens is 4. The number of ether oxygens (including phenoxy) is 1. The summed E-state index contributed by atoms with van der Waals surface area (Å²) in [7, 11) is 0. The summed E-state index contributed by atoms with van der Waals surface area (Å²) < 4.78 is 59.1. The Morgan fingerprint density at radius 1 is 1.23 bits per heavy atom. The lowest BCUT2D eigenvalue weighted by atomic mass is 10.0. The van der Waals surface area contributed by atoms with Crippen molar-refractivity contribution in [2.24, 2.45) is 5.16 Å². The van der Waals surface area contributed by atoms with Crippen LogP contribution in [0.15, 0.2) is 40.9 Å². The summed E-state index contributed by atoms with van der Waals surface area (Å²) in [4.78, 5) is 25.2. The predicted octanol–water partition coefficient (Wildman–Crippen LogP) is 5.85. The van der Waals surface area contributed by atoms with Gasteiger partial charge >= 0.3 is 0 Å². The zero-order valence-corrected chi connectivity index (χ0v) is 22.0. The van der Waals surface area contributed by atoms with Crippen LogP contribution in [0.3, 0.4) is 0 Å². The Hall–Kier alpha value is -3.92. The molecule has 0 bridgehead atoms. The number of aromatic nitrogens is 3. The van der Waals surface area contributed by atoms with Crippen LogP contribution in [0.2, 0.25) is 0 Å². The lowest BCUT2D eigenvalue weighted by molar-refractivity contribution is -0.136. The molecule has 210 valence electrons. The minimum atomic E-state index is -3.04. The van der Waals surface area contributed by atoms with Gasteiger partial charge in [0.25, 0.3) is 12.9 Å². The number of oxime groups is 1. The number of rotatable bonds is 9. The van der Waals surface area contributed by atoms with Crippen LogP contribution >= 0.6 is 11.3 Å². The van der Waals surface area contributed by atoms with E-state index in [1.165, 1.54) is 11.3 Å². The molecule has 2 aliphatic rings. The molecule has 5 rings (SSSR count). The highest BCUT2D eigenvalue weighted by atomic mass is 32.1. The molecular formula is C27H25F4N5O3S. The van der Waals surface area contributed by atoms with Crippen molar-refractivity contribution in [1.29, 1.82) is 0 Å². The molecule has 1 amide bonds. The van der Waals surface area contributed by atoms with Gasteiger partial charge in [0.05, 0.1) is 11.7 Å². The van der Waals surface area contributed by atoms with Crippen molar-refractivity contribution >= 4 is 23.0 Å². The molecule has 13 heteroatoms. The number of benzene rings is 1. The third kappa shape index (κ3) is 5.96. The molecule has 2 unspecified atom stereocenters. The van der Waals surface area contributed by atoms with Gasteiger partial charge in [0, 0.05) is 18.3 Å². The number of nitrogens with zero attached hydrogens (tertiary/aromatic N) is 5. The summed E-state index contributed by atoms with van der Waals surface area (Å²) in [5.74, 6) is 2.57. The van der Waals surface area contributed by atoms with E-state index in [9.17, 15) is 22.4 Å². The van der Waals surface area contributed by atoms with Gasteiger partial charge in [-0.05, 0) is 43.0 Å². The molecule has 1 saturated heterocycles. The summed E-state index contributed by atoms with van der Waals surface area (Å²) >= 11 is 1.37. The first-order chi connectivity index (χ1) is 19.3. The van der Waals surface area contributed by atoms with Gasteiger partial charge < -0.3 is 14.5 Å². The largest absolute Gasteiger partial charge is 0.481 e. The Bertz CT molecular complexity index is 1430. The number of carbonyl (C=O) groups is 1. The van der Waals surface area contributed by atoms with Gasteiger partial charge in [-0.2, -0.15) is 5.10 Å². The van der Waals surface area contributed by atoms with Crippen LogP contribution in [-0.2, 0) is 16.2 Å². The molecule has 40 heavy (non-hydrogen) atoms. The van der Waals surface area contributed by atoms with Crippen LogP contribution in [0.4, 0.5) is 17.6 Å². The molecule has 8 nitrogen and oxygen atoms in total. The molecular weight excluding hydrogens is 550 g/mol. The summed E-state index contributed by atoms with van der Waals surface area (Å²) in [5.41, 5.74) is 0.676. The van der Waals surface area contributed by atoms with E-state index >= 15 is 0 Å². The Morgan fingerprint density at radius 2 is 2.08 bits per heavy atom. The fourth-order valence-electron chi connectivity index (χ4n) is 4.78. The molecule has 0 spiro atoms. The van der Waals surface area contributed by atoms with Crippen molar-refractivity contribution in [3.8, 4) is 18.1 Å². The van der Waals surface area contributed by atoms with Crippen molar-refractivity contribution in [1.82, 2.24) is 19.7 Å². The van der Waals surface area contributed by atoms with Gasteiger partial charge in [0.1, 0.15) is 41.0 Å². The molecule has 2 atom stereocenters. The normalized spacial score (nSPS) is 19.0. The minimum absolute atomic E-state index is 0.158. The predicted molar refractivity (Wildman–Crippen MR) is 138 cm³/mol. The number of likely N-dealkylation sites (tertiary alicyclic amines) is 1. The van der Waals surface area contributed by atoms with Gasteiger partial charge in [0.15, 0.2) is 6.10 Å². The molecule has 1 aromatic carbocycles. The summed E-state index contributed by atoms with van der Waals surface area (Å²) in [6, 6.07) is 7.68. The second kappa shape index (κ2) is 12.1. The van der Waals surface area contributed by atoms with Gasteiger partial charge in [-0.15, -0.1) is 17.8 Å². The number of thiazole rings is 1. The standard InChI is InChI=1S/C27H25F4N5O3S/c1-2-10-38-17-7-5-6-16(11-17)23-13-18(34-39-23)20-15-40-27(32-20)21-8-3-4-9-35(21)24(37)14-36-22(26(30)31)12-19(33-36)25(28)29/h1,5-7,11-12,15,21,23,25-26H,3-4,8-10,13-14H2. The summed E-state index contributed by atoms with van der Waals surface area (Å²) in [6.45, 7) is -0.00578. The van der Waals surface area contributed by atoms with Crippen LogP contribution in [0.25, 0.3) is 0 Å². The van der Waals surface area contributed by atoms with Crippen LogP contribution in [-0.4, -0.2) is 44.4 Å². The number of amides is 1. The Balaban J connectivity index is 1.28. The zero-order chi connectivity index (χ0) is 28.2. The van der Waals surface area contributed by atoms with E-state index in [-0.39, 0.29) is 18.8 Å². The molecule has 2 aliphatic heterocycles. The van der Waals surface area contributed by atoms with Crippen LogP contribution < -0.4 is 4.74 Å². The van der Waals surface area contributed by atoms with Gasteiger partial charge in [-0.3, -0.25) is 9.48 Å². The molecule has 1 fully saturated rings. The van der Waals surface area contributed by atoms with Gasteiger partial charge in [-0.1, -0.05) is 23.2 Å². The van der Waals surface area contributed by atoms with Crippen molar-refractivity contribution in [2.75, 3.05) is 13.2 Å². The maximum Gasteiger partial charge on any atom is 0.282 e. The monoisotopic (exact) mass is 575 g/mol. The molecule has 0 N–H and O–H groups in total. The van der Waals surface area contributed by atoms with E-state index in [1.54, 1.807) is 11.0 Å². The lowest BCUT2D eigenvalue weighted by Crippen LogP contribution is -2.40. The quantitative estimate of drug-likeness (QED) is 0.236. The van der Waals surface area contributed by atoms with Crippen molar-refractivity contribution in [2.45, 2.75) is 57.2 Å². The number of hydrogen-bond acceptors (Lipinski definition) is 7. The number of alkyl halides is 4. The third-order valence-electron chi connectivity index (χ3n) is 6.71. The number of terminal acetylenes is 1. The first kappa shape index (κ1) is 27.6. The first-order valence-corrected chi connectivity index (χ1v) is 13.5. The van der Waals surface area contributed by atoms with Crippen molar-refractivity contribution < 1.29 is 31.9 Å². The molecule has 0 radical (unpaired) electrons. The molecule has 0 aliphatic carbocycles. The van der Waals surface area contributed by atoms with E-state index < -0.39 is 36.7 Å². The maximum absolute atomic E-state index is 13.4. The van der Waals surface area contributed by atoms with Crippen molar-refractivity contribution in [3.05, 3.63) is 63.4 Å². The lowest BCUT2D eigenvalue weighted by Gasteiger charge is -2.34. The second-order valence-corrected chi connectivity index (χ2v) is 10.2. The Labute approximate surface area is 231 Å². The highest BCUT2D eigenvalue weighted by Crippen LogP contribution is 2.36. The van der Waals surface area contributed by atoms with Crippen LogP contribution in [0.5, 0.6) is 5.75 Å². The minimum Gasteiger partial charge on any atom is -0.481 e. The number of carbonyl (C=O) groups excluding carboxylic acids is 1. The number of piperidine rings is 1. The Kier molecular flexibility index (Phi) is 8.35. The Morgan fingerprint density at radius 3 is 2.85 bits per heavy atom. The van der Waals surface area contributed by atoms with Crippen molar-refractivity contribution in [3.63, 3.8) is 0 Å². The first-order valence-electron chi connectivity index (χ1n) is 12.6. The zero-order valence-electron chi connectivity index (χ0n) is 21.2. The van der Waals surface area contributed by atoms with Gasteiger partial charge in [0.2, 0.25) is 5.91 Å². The highest BCUT2D eigenvalue weighted by Gasteiger charge is 2.33. The van der Waals surface area contributed by atoms with E-state index in [0.717, 1.165) is 18.4 Å². The smallest absolute Gasteiger partial charge is 0.282 e. The average molecular weight is 576 g/mol.